The minimum atomic E-state index is -0.687. The van der Waals surface area contributed by atoms with Crippen LogP contribution in [0.4, 0.5) is 0 Å². The van der Waals surface area contributed by atoms with Crippen LogP contribution < -0.4 is 10.2 Å². The van der Waals surface area contributed by atoms with Crippen LogP contribution in [0, 0.1) is 0 Å². The normalized spacial score (nSPS) is 11.9. The molecule has 0 fully saturated rings. The molecule has 0 heterocycles. The topological polar surface area (TPSA) is 77.0 Å². The summed E-state index contributed by atoms with van der Waals surface area (Å²) in [6.07, 6.45) is 1.19. The molecule has 4 rings (SSSR count). The Morgan fingerprint density at radius 3 is 1.97 bits per heavy atom. The van der Waals surface area contributed by atoms with Gasteiger partial charge in [0, 0.05) is 22.8 Å². The van der Waals surface area contributed by atoms with Gasteiger partial charge in [0.15, 0.2) is 5.78 Å². The molecule has 1 aliphatic carbocycles. The SMILES string of the molecule is CCOc1ccc(C(=O)/C=C(\NN=C2c3ccccc3-c3ccccc32)C(=O)OC)cc1. The van der Waals surface area contributed by atoms with Crippen molar-refractivity contribution in [1.29, 1.82) is 0 Å². The highest BCUT2D eigenvalue weighted by atomic mass is 16.5. The summed E-state index contributed by atoms with van der Waals surface area (Å²) in [5.74, 6) is -0.370. The van der Waals surface area contributed by atoms with Crippen LogP contribution in [0.5, 0.6) is 5.75 Å². The lowest BCUT2D eigenvalue weighted by atomic mass is 10.1. The zero-order valence-electron chi connectivity index (χ0n) is 17.8. The van der Waals surface area contributed by atoms with Crippen molar-refractivity contribution < 1.29 is 19.1 Å². The molecular formula is C26H22N2O4. The van der Waals surface area contributed by atoms with Gasteiger partial charge in [0.2, 0.25) is 0 Å². The summed E-state index contributed by atoms with van der Waals surface area (Å²) in [4.78, 5) is 25.0. The fourth-order valence-electron chi connectivity index (χ4n) is 3.57. The Hall–Kier alpha value is -4.19. The summed E-state index contributed by atoms with van der Waals surface area (Å²) < 4.78 is 10.2. The van der Waals surface area contributed by atoms with E-state index in [1.165, 1.54) is 13.2 Å². The molecule has 0 atom stereocenters. The van der Waals surface area contributed by atoms with Gasteiger partial charge < -0.3 is 9.47 Å². The van der Waals surface area contributed by atoms with E-state index < -0.39 is 5.97 Å². The van der Waals surface area contributed by atoms with Gasteiger partial charge in [0.1, 0.15) is 11.4 Å². The van der Waals surface area contributed by atoms with E-state index in [1.54, 1.807) is 24.3 Å². The Balaban J connectivity index is 1.65. The summed E-state index contributed by atoms with van der Waals surface area (Å²) in [7, 11) is 1.26. The lowest BCUT2D eigenvalue weighted by Gasteiger charge is -2.07. The fourth-order valence-corrected chi connectivity index (χ4v) is 3.57. The molecule has 1 aliphatic rings. The number of carbonyl (C=O) groups excluding carboxylic acids is 2. The second kappa shape index (κ2) is 9.31. The number of rotatable bonds is 7. The van der Waals surface area contributed by atoms with Gasteiger partial charge in [-0.05, 0) is 42.3 Å². The quantitative estimate of drug-likeness (QED) is 0.206. The van der Waals surface area contributed by atoms with Gasteiger partial charge in [-0.3, -0.25) is 10.2 Å². The van der Waals surface area contributed by atoms with Crippen LogP contribution in [-0.2, 0) is 9.53 Å². The number of benzene rings is 3. The number of allylic oxidation sites excluding steroid dienone is 1. The Morgan fingerprint density at radius 2 is 1.44 bits per heavy atom. The van der Waals surface area contributed by atoms with Crippen LogP contribution in [-0.4, -0.2) is 31.2 Å². The number of carbonyl (C=O) groups is 2. The number of ether oxygens (including phenoxy) is 2. The first-order valence-corrected chi connectivity index (χ1v) is 10.2. The maximum Gasteiger partial charge on any atom is 0.356 e. The highest BCUT2D eigenvalue weighted by Gasteiger charge is 2.24. The maximum atomic E-state index is 12.7. The molecule has 6 heteroatoms. The summed E-state index contributed by atoms with van der Waals surface area (Å²) in [5, 5.41) is 4.49. The van der Waals surface area contributed by atoms with E-state index in [2.05, 4.69) is 10.5 Å². The summed E-state index contributed by atoms with van der Waals surface area (Å²) in [5.41, 5.74) is 7.84. The number of methoxy groups -OCH3 is 1. The minimum Gasteiger partial charge on any atom is -0.494 e. The molecule has 0 saturated heterocycles. The van der Waals surface area contributed by atoms with E-state index in [4.69, 9.17) is 9.47 Å². The number of nitrogens with zero attached hydrogens (tertiary/aromatic N) is 1. The molecule has 0 spiro atoms. The van der Waals surface area contributed by atoms with Crippen molar-refractivity contribution in [3.05, 3.63) is 101 Å². The van der Waals surface area contributed by atoms with Gasteiger partial charge >= 0.3 is 5.97 Å². The zero-order chi connectivity index (χ0) is 22.5. The highest BCUT2D eigenvalue weighted by molar-refractivity contribution is 6.24. The number of hydrogen-bond donors (Lipinski definition) is 1. The van der Waals surface area contributed by atoms with Crippen LogP contribution in [0.3, 0.4) is 0 Å². The van der Waals surface area contributed by atoms with Gasteiger partial charge in [-0.1, -0.05) is 48.5 Å². The first-order valence-electron chi connectivity index (χ1n) is 10.2. The predicted octanol–water partition coefficient (Wildman–Crippen LogP) is 4.35. The molecule has 0 bridgehead atoms. The number of fused-ring (bicyclic) bond motifs is 3. The largest absolute Gasteiger partial charge is 0.494 e. The van der Waals surface area contributed by atoms with Crippen LogP contribution in [0.2, 0.25) is 0 Å². The third kappa shape index (κ3) is 4.16. The Kier molecular flexibility index (Phi) is 6.12. The molecule has 1 N–H and O–H groups in total. The third-order valence-electron chi connectivity index (χ3n) is 5.07. The van der Waals surface area contributed by atoms with Crippen molar-refractivity contribution in [3.8, 4) is 16.9 Å². The summed E-state index contributed by atoms with van der Waals surface area (Å²) in [6.45, 7) is 2.43. The Bertz CT molecular complexity index is 1180. The number of nitrogens with one attached hydrogen (secondary N) is 1. The van der Waals surface area contributed by atoms with Crippen molar-refractivity contribution in [2.75, 3.05) is 13.7 Å². The summed E-state index contributed by atoms with van der Waals surface area (Å²) in [6, 6.07) is 22.5. The van der Waals surface area contributed by atoms with Gasteiger partial charge in [-0.2, -0.15) is 5.10 Å². The molecular weight excluding hydrogens is 404 g/mol. The molecule has 0 amide bonds. The molecule has 0 unspecified atom stereocenters. The highest BCUT2D eigenvalue weighted by Crippen LogP contribution is 2.36. The van der Waals surface area contributed by atoms with E-state index in [-0.39, 0.29) is 11.5 Å². The molecule has 0 saturated carbocycles. The molecule has 3 aromatic rings. The Morgan fingerprint density at radius 1 is 0.875 bits per heavy atom. The first-order chi connectivity index (χ1) is 15.6. The molecule has 160 valence electrons. The number of hydrazone groups is 1. The predicted molar refractivity (Wildman–Crippen MR) is 123 cm³/mol. The van der Waals surface area contributed by atoms with Crippen molar-refractivity contribution >= 4 is 17.5 Å². The van der Waals surface area contributed by atoms with Crippen molar-refractivity contribution in [1.82, 2.24) is 5.43 Å². The van der Waals surface area contributed by atoms with E-state index >= 15 is 0 Å². The fraction of sp³-hybridized carbons (Fsp3) is 0.115. The molecule has 0 aromatic heterocycles. The van der Waals surface area contributed by atoms with Crippen molar-refractivity contribution in [3.63, 3.8) is 0 Å². The smallest absolute Gasteiger partial charge is 0.356 e. The number of hydrogen-bond acceptors (Lipinski definition) is 6. The first kappa shape index (κ1) is 21.1. The van der Waals surface area contributed by atoms with Crippen LogP contribution in [0.1, 0.15) is 28.4 Å². The molecule has 0 radical (unpaired) electrons. The number of ketones is 1. The monoisotopic (exact) mass is 426 g/mol. The van der Waals surface area contributed by atoms with Gasteiger partial charge in [0.05, 0.1) is 19.4 Å². The lowest BCUT2D eigenvalue weighted by molar-refractivity contribution is -0.136. The van der Waals surface area contributed by atoms with E-state index in [0.29, 0.717) is 23.6 Å². The minimum absolute atomic E-state index is 0.0549. The van der Waals surface area contributed by atoms with Gasteiger partial charge in [0.25, 0.3) is 0 Å². The van der Waals surface area contributed by atoms with Crippen LogP contribution in [0.15, 0.2) is 89.7 Å². The van der Waals surface area contributed by atoms with E-state index in [0.717, 1.165) is 22.3 Å². The van der Waals surface area contributed by atoms with Crippen molar-refractivity contribution in [2.24, 2.45) is 5.10 Å². The molecule has 0 aliphatic heterocycles. The lowest BCUT2D eigenvalue weighted by Crippen LogP contribution is -2.20. The second-order valence-electron chi connectivity index (χ2n) is 7.03. The van der Waals surface area contributed by atoms with Crippen LogP contribution in [0.25, 0.3) is 11.1 Å². The third-order valence-corrected chi connectivity index (χ3v) is 5.07. The van der Waals surface area contributed by atoms with E-state index in [1.807, 2.05) is 55.5 Å². The average molecular weight is 426 g/mol. The van der Waals surface area contributed by atoms with E-state index in [9.17, 15) is 9.59 Å². The van der Waals surface area contributed by atoms with Crippen LogP contribution >= 0.6 is 0 Å². The molecule has 3 aromatic carbocycles. The van der Waals surface area contributed by atoms with Gasteiger partial charge in [-0.25, -0.2) is 4.79 Å². The second-order valence-corrected chi connectivity index (χ2v) is 7.03. The van der Waals surface area contributed by atoms with Gasteiger partial charge in [-0.15, -0.1) is 0 Å². The average Bonchev–Trinajstić information content (AvgIpc) is 3.15. The standard InChI is InChI=1S/C26H22N2O4/c1-3-32-18-14-12-17(13-15-18)24(29)16-23(26(30)31-2)27-28-25-21-10-6-4-8-19(21)20-9-5-7-11-22(20)25/h4-16,27H,3H2,1-2H3/b23-16-. The number of esters is 1. The molecule has 32 heavy (non-hydrogen) atoms. The zero-order valence-corrected chi connectivity index (χ0v) is 17.8. The van der Waals surface area contributed by atoms with Crippen molar-refractivity contribution in [2.45, 2.75) is 6.92 Å². The Labute approximate surface area is 186 Å². The molecule has 6 nitrogen and oxygen atoms in total. The maximum absolute atomic E-state index is 12.7. The summed E-state index contributed by atoms with van der Waals surface area (Å²) >= 11 is 0.